The van der Waals surface area contributed by atoms with Crippen LogP contribution in [0.25, 0.3) is 11.0 Å². The van der Waals surface area contributed by atoms with Crippen LogP contribution in [0, 0.1) is 5.92 Å². The van der Waals surface area contributed by atoms with Gasteiger partial charge in [-0.2, -0.15) is 0 Å². The van der Waals surface area contributed by atoms with Crippen molar-refractivity contribution in [2.45, 2.75) is 65.8 Å². The van der Waals surface area contributed by atoms with Crippen LogP contribution in [-0.4, -0.2) is 75.5 Å². The summed E-state index contributed by atoms with van der Waals surface area (Å²) in [5, 5.41) is -1.49. The number of aromatic nitrogens is 2. The van der Waals surface area contributed by atoms with Crippen LogP contribution in [0.15, 0.2) is 30.4 Å². The minimum atomic E-state index is -3.21. The Labute approximate surface area is 245 Å². The van der Waals surface area contributed by atoms with E-state index in [2.05, 4.69) is 46.1 Å². The SMILES string of the molecule is [B]C1(I)CN(C(=O)C(C=CCS(=O)(=O)CC)c2ccc3nc(CC4CCC(F)(P)CC4)[nH]c3c2)CC1(C)P. The Kier molecular flexibility index (Phi) is 9.09. The molecule has 1 saturated heterocycles. The predicted molar refractivity (Wildman–Crippen MR) is 169 cm³/mol. The van der Waals surface area contributed by atoms with Gasteiger partial charge in [0.25, 0.3) is 0 Å². The number of sulfone groups is 1. The molecule has 4 rings (SSSR count). The molecular formula is C26H36BFIN3O3P2S. The topological polar surface area (TPSA) is 83.1 Å². The maximum absolute atomic E-state index is 14.2. The molecular weight excluding hydrogens is 653 g/mol. The second kappa shape index (κ2) is 11.4. The third kappa shape index (κ3) is 7.01. The molecule has 1 aromatic carbocycles. The number of nitrogens with one attached hydrogen (secondary N) is 1. The summed E-state index contributed by atoms with van der Waals surface area (Å²) in [5.74, 6) is 0.421. The van der Waals surface area contributed by atoms with Crippen molar-refractivity contribution in [3.63, 3.8) is 0 Å². The number of likely N-dealkylation sites (tertiary alicyclic amines) is 1. The van der Waals surface area contributed by atoms with E-state index >= 15 is 0 Å². The highest BCUT2D eigenvalue weighted by Gasteiger charge is 2.49. The van der Waals surface area contributed by atoms with Crippen molar-refractivity contribution in [3.8, 4) is 0 Å². The molecule has 1 aromatic heterocycles. The first-order chi connectivity index (χ1) is 17.6. The average Bonchev–Trinajstić information content (AvgIpc) is 3.33. The number of benzene rings is 1. The number of carbonyl (C=O) groups excluding carboxylic acids is 1. The second-order valence-corrected chi connectivity index (χ2v) is 17.9. The molecule has 5 atom stereocenters. The van der Waals surface area contributed by atoms with Gasteiger partial charge in [0.05, 0.1) is 30.6 Å². The van der Waals surface area contributed by atoms with Gasteiger partial charge in [0, 0.05) is 33.7 Å². The maximum Gasteiger partial charge on any atom is 0.234 e. The quantitative estimate of drug-likeness (QED) is 0.144. The van der Waals surface area contributed by atoms with Gasteiger partial charge in [0.2, 0.25) is 5.91 Å². The van der Waals surface area contributed by atoms with Crippen LogP contribution in [0.3, 0.4) is 0 Å². The molecule has 0 bridgehead atoms. The summed E-state index contributed by atoms with van der Waals surface area (Å²) in [5.41, 5.74) is 2.39. The molecule has 2 aliphatic rings. The van der Waals surface area contributed by atoms with Gasteiger partial charge >= 0.3 is 0 Å². The first-order valence-corrected chi connectivity index (χ1v) is 17.1. The highest BCUT2D eigenvalue weighted by atomic mass is 127. The summed E-state index contributed by atoms with van der Waals surface area (Å²) in [6, 6.07) is 5.71. The third-order valence-corrected chi connectivity index (χ3v) is 12.9. The number of hydrogen-bond acceptors (Lipinski definition) is 4. The van der Waals surface area contributed by atoms with Crippen LogP contribution in [0.1, 0.15) is 56.8 Å². The van der Waals surface area contributed by atoms with Crippen molar-refractivity contribution < 1.29 is 17.6 Å². The molecule has 206 valence electrons. The number of carbonyl (C=O) groups is 1. The lowest BCUT2D eigenvalue weighted by Crippen LogP contribution is -2.41. The smallest absolute Gasteiger partial charge is 0.234 e. The van der Waals surface area contributed by atoms with E-state index in [1.807, 2.05) is 25.1 Å². The van der Waals surface area contributed by atoms with Crippen LogP contribution < -0.4 is 0 Å². The Morgan fingerprint density at radius 2 is 2.03 bits per heavy atom. The number of halogens is 2. The molecule has 2 fully saturated rings. The van der Waals surface area contributed by atoms with E-state index in [9.17, 15) is 17.6 Å². The molecule has 1 aliphatic heterocycles. The number of rotatable bonds is 8. The molecule has 5 unspecified atom stereocenters. The fraction of sp³-hybridized carbons (Fsp3) is 0.615. The molecule has 2 heterocycles. The van der Waals surface area contributed by atoms with Crippen LogP contribution in [-0.2, 0) is 21.1 Å². The van der Waals surface area contributed by atoms with Gasteiger partial charge in [-0.25, -0.2) is 17.8 Å². The molecule has 1 N–H and O–H groups in total. The fourth-order valence-electron chi connectivity index (χ4n) is 5.19. The maximum atomic E-state index is 14.2. The molecule has 2 aromatic rings. The van der Waals surface area contributed by atoms with Crippen molar-refractivity contribution in [1.82, 2.24) is 14.9 Å². The largest absolute Gasteiger partial charge is 0.342 e. The number of fused-ring (bicyclic) bond motifs is 1. The lowest BCUT2D eigenvalue weighted by atomic mass is 9.79. The van der Waals surface area contributed by atoms with Gasteiger partial charge in [0.15, 0.2) is 9.84 Å². The summed E-state index contributed by atoms with van der Waals surface area (Å²) >= 11 is 2.21. The third-order valence-electron chi connectivity index (χ3n) is 7.92. The van der Waals surface area contributed by atoms with E-state index in [0.717, 1.165) is 41.7 Å². The Hall–Kier alpha value is -0.565. The number of hydrogen-bond donors (Lipinski definition) is 1. The standard InChI is InChI=1S/C26H36BFIN3O3P2S/c1-3-38(34,35)12-4-5-19(23(33)32-15-24(2,36)26(27,29)16-32)18-6-7-20-21(14-18)31-22(30-20)13-17-8-10-25(28,37)11-9-17/h4-7,14,17,19H,3,8-13,15-16,36-37H2,1-2H3,(H,30,31). The van der Waals surface area contributed by atoms with Gasteiger partial charge < -0.3 is 9.88 Å². The molecule has 1 aliphatic carbocycles. The molecule has 0 spiro atoms. The minimum absolute atomic E-state index is 0.0469. The highest BCUT2D eigenvalue weighted by Crippen LogP contribution is 2.44. The number of H-pyrrole nitrogens is 1. The summed E-state index contributed by atoms with van der Waals surface area (Å²) in [6.45, 7) is 4.52. The molecule has 1 saturated carbocycles. The van der Waals surface area contributed by atoms with Crippen molar-refractivity contribution in [2.75, 3.05) is 24.6 Å². The minimum Gasteiger partial charge on any atom is -0.342 e. The Morgan fingerprint density at radius 3 is 2.63 bits per heavy atom. The highest BCUT2D eigenvalue weighted by molar-refractivity contribution is 14.1. The normalized spacial score (nSPS) is 31.3. The summed E-state index contributed by atoms with van der Waals surface area (Å²) < 4.78 is 37.8. The van der Waals surface area contributed by atoms with E-state index in [1.54, 1.807) is 24.0 Å². The Morgan fingerprint density at radius 1 is 1.34 bits per heavy atom. The van der Waals surface area contributed by atoms with Gasteiger partial charge in [-0.1, -0.05) is 63.9 Å². The molecule has 2 radical (unpaired) electrons. The number of aromatic amines is 1. The predicted octanol–water partition coefficient (Wildman–Crippen LogP) is 4.69. The summed E-state index contributed by atoms with van der Waals surface area (Å²) in [7, 11) is 8.42. The number of imidazole rings is 1. The van der Waals surface area contributed by atoms with E-state index < -0.39 is 24.5 Å². The zero-order valence-electron chi connectivity index (χ0n) is 21.9. The van der Waals surface area contributed by atoms with Gasteiger partial charge in [-0.15, -0.1) is 9.24 Å². The van der Waals surface area contributed by atoms with Crippen LogP contribution in [0.2, 0.25) is 0 Å². The van der Waals surface area contributed by atoms with Crippen LogP contribution in [0.4, 0.5) is 4.39 Å². The second-order valence-electron chi connectivity index (χ2n) is 11.2. The number of alkyl halides is 2. The van der Waals surface area contributed by atoms with Crippen LogP contribution in [0.5, 0.6) is 0 Å². The number of nitrogens with zero attached hydrogens (tertiary/aromatic N) is 2. The Bertz CT molecular complexity index is 1310. The molecule has 1 amide bonds. The van der Waals surface area contributed by atoms with Gasteiger partial charge in [0.1, 0.15) is 11.2 Å². The fourth-order valence-corrected chi connectivity index (χ4v) is 7.06. The van der Waals surface area contributed by atoms with Crippen molar-refractivity contribution in [1.29, 1.82) is 0 Å². The lowest BCUT2D eigenvalue weighted by Gasteiger charge is -2.30. The van der Waals surface area contributed by atoms with E-state index in [4.69, 9.17) is 12.8 Å². The zero-order valence-corrected chi connectivity index (χ0v) is 27.2. The van der Waals surface area contributed by atoms with Crippen LogP contribution >= 0.6 is 41.1 Å². The average molecular weight is 689 g/mol. The zero-order chi connectivity index (χ0) is 27.9. The Balaban J connectivity index is 1.59. The van der Waals surface area contributed by atoms with Crippen molar-refractivity contribution in [3.05, 3.63) is 41.7 Å². The summed E-state index contributed by atoms with van der Waals surface area (Å²) in [6.07, 6.45) is 6.79. The monoisotopic (exact) mass is 689 g/mol. The lowest BCUT2D eigenvalue weighted by molar-refractivity contribution is -0.130. The van der Waals surface area contributed by atoms with Gasteiger partial charge in [-0.05, 0) is 49.3 Å². The van der Waals surface area contributed by atoms with E-state index in [1.165, 1.54) is 0 Å². The molecule has 38 heavy (non-hydrogen) atoms. The van der Waals surface area contributed by atoms with Crippen molar-refractivity contribution in [2.24, 2.45) is 5.92 Å². The first-order valence-electron chi connectivity index (χ1n) is 13.0. The van der Waals surface area contributed by atoms with Crippen molar-refractivity contribution >= 4 is 75.7 Å². The first kappa shape index (κ1) is 30.4. The van der Waals surface area contributed by atoms with Gasteiger partial charge in [-0.3, -0.25) is 4.79 Å². The van der Waals surface area contributed by atoms with E-state index in [0.29, 0.717) is 31.8 Å². The summed E-state index contributed by atoms with van der Waals surface area (Å²) in [4.78, 5) is 23.7. The van der Waals surface area contributed by atoms with E-state index in [-0.39, 0.29) is 22.6 Å². The molecule has 12 heteroatoms. The number of amides is 1. The molecule has 6 nitrogen and oxygen atoms in total.